The number of aliphatic hydroxyl groups excluding tert-OH is 9. The van der Waals surface area contributed by atoms with Crippen LogP contribution in [0.5, 0.6) is 0 Å². The molecule has 6 aliphatic rings. The predicted molar refractivity (Wildman–Crippen MR) is 192 cm³/mol. The number of fused-ring (bicyclic) bond motifs is 5. The summed E-state index contributed by atoms with van der Waals surface area (Å²) >= 11 is 0. The van der Waals surface area contributed by atoms with Crippen molar-refractivity contribution >= 4 is 5.78 Å². The third-order valence-corrected chi connectivity index (χ3v) is 14.8. The lowest BCUT2D eigenvalue weighted by molar-refractivity contribution is -0.341. The van der Waals surface area contributed by atoms with Gasteiger partial charge in [-0.05, 0) is 101 Å². The summed E-state index contributed by atoms with van der Waals surface area (Å²) in [5.41, 5.74) is -5.22. The number of allylic oxidation sites excluding steroid dienone is 1. The summed E-state index contributed by atoms with van der Waals surface area (Å²) in [6.45, 7) is 7.41. The minimum absolute atomic E-state index is 0.00841. The van der Waals surface area contributed by atoms with E-state index in [9.17, 15) is 66.1 Å². The van der Waals surface area contributed by atoms with Crippen LogP contribution in [-0.4, -0.2) is 177 Å². The van der Waals surface area contributed by atoms with Gasteiger partial charge < -0.3 is 80.2 Å². The minimum atomic E-state index is -1.80. The molecule has 2 saturated heterocycles. The Balaban J connectivity index is 1.15. The van der Waals surface area contributed by atoms with Crippen LogP contribution in [-0.2, 0) is 23.7 Å². The van der Waals surface area contributed by atoms with Gasteiger partial charge in [-0.2, -0.15) is 0 Å². The first-order valence-corrected chi connectivity index (χ1v) is 20.0. The molecule has 322 valence electrons. The van der Waals surface area contributed by atoms with Crippen molar-refractivity contribution in [3.8, 4) is 0 Å². The highest BCUT2D eigenvalue weighted by molar-refractivity contribution is 5.95. The van der Waals surface area contributed by atoms with Crippen LogP contribution in [0.3, 0.4) is 0 Å². The number of ether oxygens (including phenoxy) is 4. The topological polar surface area (TPSA) is 297 Å². The van der Waals surface area contributed by atoms with Crippen molar-refractivity contribution in [3.63, 3.8) is 0 Å². The fourth-order valence-electron chi connectivity index (χ4n) is 11.2. The summed E-state index contributed by atoms with van der Waals surface area (Å²) < 4.78 is 22.7. The van der Waals surface area contributed by atoms with Crippen molar-refractivity contribution in [2.45, 2.75) is 183 Å². The molecule has 0 aromatic rings. The molecule has 6 rings (SSSR count). The third kappa shape index (κ3) is 7.45. The van der Waals surface area contributed by atoms with Gasteiger partial charge in [-0.15, -0.1) is 0 Å². The van der Waals surface area contributed by atoms with Gasteiger partial charge in [0.25, 0.3) is 0 Å². The normalized spacial score (nSPS) is 50.0. The van der Waals surface area contributed by atoms with Gasteiger partial charge in [0.15, 0.2) is 18.4 Å². The predicted octanol–water partition coefficient (Wildman–Crippen LogP) is -2.50. The Kier molecular flexibility index (Phi) is 12.4. The molecule has 0 bridgehead atoms. The van der Waals surface area contributed by atoms with Crippen molar-refractivity contribution in [1.82, 2.24) is 0 Å². The summed E-state index contributed by atoms with van der Waals surface area (Å²) in [7, 11) is 0. The Hall–Kier alpha value is -1.23. The molecule has 2 aliphatic heterocycles. The second-order valence-corrected chi connectivity index (χ2v) is 18.8. The van der Waals surface area contributed by atoms with Gasteiger partial charge in [0.2, 0.25) is 0 Å². The summed E-state index contributed by atoms with van der Waals surface area (Å²) in [6.07, 6.45) is -15.9. The van der Waals surface area contributed by atoms with E-state index in [2.05, 4.69) is 0 Å². The first kappa shape index (κ1) is 44.3. The second-order valence-electron chi connectivity index (χ2n) is 18.8. The van der Waals surface area contributed by atoms with Crippen LogP contribution in [0.4, 0.5) is 0 Å². The molecule has 0 spiro atoms. The Morgan fingerprint density at radius 1 is 0.857 bits per heavy atom. The highest BCUT2D eigenvalue weighted by atomic mass is 16.7. The highest BCUT2D eigenvalue weighted by Crippen LogP contribution is 2.68. The molecule has 12 N–H and O–H groups in total. The first-order valence-electron chi connectivity index (χ1n) is 20.0. The molecule has 17 heteroatoms. The van der Waals surface area contributed by atoms with E-state index in [1.807, 2.05) is 13.8 Å². The quantitative estimate of drug-likeness (QED) is 0.103. The minimum Gasteiger partial charge on any atom is -0.394 e. The summed E-state index contributed by atoms with van der Waals surface area (Å²) in [5, 5.41) is 130. The lowest BCUT2D eigenvalue weighted by Crippen LogP contribution is -2.64. The van der Waals surface area contributed by atoms with Crippen molar-refractivity contribution in [1.29, 1.82) is 0 Å². The lowest BCUT2D eigenvalue weighted by atomic mass is 9.45. The van der Waals surface area contributed by atoms with Crippen molar-refractivity contribution in [2.75, 3.05) is 13.2 Å². The monoisotopic (exact) mass is 804 g/mol. The zero-order valence-electron chi connectivity index (χ0n) is 32.8. The lowest BCUT2D eigenvalue weighted by Gasteiger charge is -2.61. The molecule has 0 radical (unpaired) electrons. The largest absolute Gasteiger partial charge is 0.394 e. The molecule has 0 aromatic carbocycles. The van der Waals surface area contributed by atoms with E-state index in [0.29, 0.717) is 24.8 Å². The summed E-state index contributed by atoms with van der Waals surface area (Å²) in [4.78, 5) is 14.1. The number of aliphatic hydroxyl groups is 12. The summed E-state index contributed by atoms with van der Waals surface area (Å²) in [6, 6.07) is 0. The van der Waals surface area contributed by atoms with Gasteiger partial charge in [0.05, 0.1) is 48.3 Å². The number of hydrogen-bond donors (Lipinski definition) is 12. The second kappa shape index (κ2) is 15.7. The van der Waals surface area contributed by atoms with Crippen LogP contribution in [0.25, 0.3) is 0 Å². The van der Waals surface area contributed by atoms with Crippen LogP contribution in [0.1, 0.15) is 86.0 Å². The first-order chi connectivity index (χ1) is 25.9. The van der Waals surface area contributed by atoms with Gasteiger partial charge in [-0.1, -0.05) is 13.8 Å². The van der Waals surface area contributed by atoms with Crippen LogP contribution in [0, 0.1) is 28.6 Å². The van der Waals surface area contributed by atoms with Crippen molar-refractivity contribution in [2.24, 2.45) is 28.6 Å². The van der Waals surface area contributed by atoms with Gasteiger partial charge in [-0.3, -0.25) is 4.79 Å². The third-order valence-electron chi connectivity index (χ3n) is 14.8. The van der Waals surface area contributed by atoms with Gasteiger partial charge in [-0.25, -0.2) is 0 Å². The summed E-state index contributed by atoms with van der Waals surface area (Å²) in [5.74, 6) is -1.76. The molecule has 3 saturated carbocycles. The Morgan fingerprint density at radius 3 is 2.09 bits per heavy atom. The number of hydrogen-bond acceptors (Lipinski definition) is 17. The van der Waals surface area contributed by atoms with Crippen LogP contribution in [0.2, 0.25) is 0 Å². The number of carbonyl (C=O) groups is 1. The van der Waals surface area contributed by atoms with Gasteiger partial charge in [0.1, 0.15) is 48.8 Å². The smallest absolute Gasteiger partial charge is 0.187 e. The molecular weight excluding hydrogens is 740 g/mol. The molecule has 0 amide bonds. The maximum atomic E-state index is 14.1. The SMILES string of the molecule is CC(C)(O)CC[C@@H](O)[C@@](C)(O)[C@H]1CC[C@@]2(O)C3=CC(=O)C4C[C@@H](OC5O[C@H](CO[C@H]6O[C@H](CO)[C@H](O)[C@H](O)[C@H]6O)[C@H](O)[C@H](O)[C@H]5O)[C@@H](O)C[C@]4(C)C3CC[C@]12C. The number of rotatable bonds is 11. The van der Waals surface area contributed by atoms with E-state index in [0.717, 1.165) is 0 Å². The van der Waals surface area contributed by atoms with E-state index in [4.69, 9.17) is 18.9 Å². The molecule has 3 unspecified atom stereocenters. The molecule has 0 aromatic heterocycles. The maximum Gasteiger partial charge on any atom is 0.187 e. The number of ketones is 1. The van der Waals surface area contributed by atoms with Gasteiger partial charge in [0, 0.05) is 11.3 Å². The Morgan fingerprint density at radius 2 is 1.46 bits per heavy atom. The highest BCUT2D eigenvalue weighted by Gasteiger charge is 2.69. The molecular formula is C39H64O17. The van der Waals surface area contributed by atoms with E-state index in [1.54, 1.807) is 20.8 Å². The number of carbonyl (C=O) groups excluding carboxylic acids is 1. The van der Waals surface area contributed by atoms with E-state index < -0.39 is 132 Å². The van der Waals surface area contributed by atoms with Crippen LogP contribution in [0.15, 0.2) is 11.6 Å². The molecule has 4 aliphatic carbocycles. The molecule has 2 heterocycles. The standard InChI is InChI=1S/C39H64O17/c1-35(2,50)9-8-26(43)38(5,51)25-7-11-39(52)18-12-20(41)19-13-22(21(42)14-36(19,3)17(18)6-10-37(25,39)4)54-34-32(49)30(47)28(45)24(56-34)16-53-33-31(48)29(46)27(44)23(15-40)55-33/h12,17,19,21-34,40,42-52H,6-11,13-16H2,1-5H3/t17?,19?,21-,22+,23+,24+,25-,26+,27-,28-,29-,30-,31+,32+,33-,34?,36+,37+,38-,39+/m0/s1. The zero-order chi connectivity index (χ0) is 41.5. The van der Waals surface area contributed by atoms with E-state index >= 15 is 0 Å². The van der Waals surface area contributed by atoms with Crippen LogP contribution < -0.4 is 0 Å². The average Bonchev–Trinajstić information content (AvgIpc) is 3.41. The molecule has 17 nitrogen and oxygen atoms in total. The van der Waals surface area contributed by atoms with Crippen molar-refractivity contribution < 1.29 is 85.0 Å². The zero-order valence-corrected chi connectivity index (χ0v) is 32.8. The Labute approximate surface area is 326 Å². The van der Waals surface area contributed by atoms with E-state index in [-0.39, 0.29) is 43.8 Å². The fraction of sp³-hybridized carbons (Fsp3) is 0.923. The Bertz CT molecular complexity index is 1450. The van der Waals surface area contributed by atoms with E-state index in [1.165, 1.54) is 6.08 Å². The van der Waals surface area contributed by atoms with Crippen molar-refractivity contribution in [3.05, 3.63) is 11.6 Å². The molecule has 5 fully saturated rings. The fourth-order valence-corrected chi connectivity index (χ4v) is 11.2. The maximum absolute atomic E-state index is 14.1. The molecule has 56 heavy (non-hydrogen) atoms. The molecule has 20 atom stereocenters. The average molecular weight is 805 g/mol. The van der Waals surface area contributed by atoms with Crippen LogP contribution >= 0.6 is 0 Å². The van der Waals surface area contributed by atoms with Gasteiger partial charge >= 0.3 is 0 Å².